The van der Waals surface area contributed by atoms with Gasteiger partial charge in [0.1, 0.15) is 0 Å². The second-order valence-electron chi connectivity index (χ2n) is 5.11. The molecule has 4 heteroatoms. The summed E-state index contributed by atoms with van der Waals surface area (Å²) in [5, 5.41) is 3.34. The first-order valence-electron chi connectivity index (χ1n) is 6.76. The topological polar surface area (TPSA) is 42.1 Å². The molecule has 0 spiro atoms. The van der Waals surface area contributed by atoms with E-state index in [-0.39, 0.29) is 0 Å². The summed E-state index contributed by atoms with van der Waals surface area (Å²) in [4.78, 5) is 8.38. The lowest BCUT2D eigenvalue weighted by Gasteiger charge is -2.30. The molecule has 3 heterocycles. The zero-order valence-corrected chi connectivity index (χ0v) is 11.9. The summed E-state index contributed by atoms with van der Waals surface area (Å²) in [6, 6.07) is 10.4. The predicted molar refractivity (Wildman–Crippen MR) is 85.2 cm³/mol. The number of anilines is 2. The molecule has 1 aromatic carbocycles. The highest BCUT2D eigenvalue weighted by Gasteiger charge is 2.19. The molecule has 0 aliphatic carbocycles. The Hall–Kier alpha value is -2.07. The molecule has 0 bridgehead atoms. The van der Waals surface area contributed by atoms with Gasteiger partial charge in [0.15, 0.2) is 0 Å². The fourth-order valence-electron chi connectivity index (χ4n) is 2.91. The molecule has 2 N–H and O–H groups in total. The van der Waals surface area contributed by atoms with E-state index in [1.807, 2.05) is 23.5 Å². The Morgan fingerprint density at radius 2 is 2.15 bits per heavy atom. The smallest absolute Gasteiger partial charge is 0.0951 e. The van der Waals surface area contributed by atoms with Crippen LogP contribution in [0.25, 0.3) is 10.9 Å². The predicted octanol–water partition coefficient (Wildman–Crippen LogP) is 3.44. The first-order valence-corrected chi connectivity index (χ1v) is 7.64. The first kappa shape index (κ1) is 11.7. The third-order valence-electron chi connectivity index (χ3n) is 3.93. The lowest BCUT2D eigenvalue weighted by atomic mass is 10.1. The summed E-state index contributed by atoms with van der Waals surface area (Å²) in [6.07, 6.45) is 2.93. The van der Waals surface area contributed by atoms with Crippen LogP contribution in [0.15, 0.2) is 41.9 Å². The Bertz CT molecular complexity index is 778. The van der Waals surface area contributed by atoms with E-state index in [0.717, 1.165) is 36.1 Å². The molecule has 1 aliphatic rings. The molecule has 100 valence electrons. The van der Waals surface area contributed by atoms with Crippen LogP contribution in [0.4, 0.5) is 11.4 Å². The van der Waals surface area contributed by atoms with Gasteiger partial charge in [0.2, 0.25) is 0 Å². The zero-order valence-electron chi connectivity index (χ0n) is 11.0. The van der Waals surface area contributed by atoms with Gasteiger partial charge in [-0.3, -0.25) is 4.98 Å². The van der Waals surface area contributed by atoms with Crippen molar-refractivity contribution in [2.24, 2.45) is 0 Å². The van der Waals surface area contributed by atoms with Crippen LogP contribution in [0.1, 0.15) is 10.4 Å². The van der Waals surface area contributed by atoms with Crippen molar-refractivity contribution < 1.29 is 0 Å². The summed E-state index contributed by atoms with van der Waals surface area (Å²) in [5.74, 6) is 0. The monoisotopic (exact) mass is 281 g/mol. The fourth-order valence-corrected chi connectivity index (χ4v) is 3.80. The third-order valence-corrected chi connectivity index (χ3v) is 4.95. The minimum absolute atomic E-state index is 0.748. The molecular formula is C16H15N3S. The number of nitrogen functional groups attached to an aromatic ring is 1. The van der Waals surface area contributed by atoms with E-state index < -0.39 is 0 Å². The highest BCUT2D eigenvalue weighted by atomic mass is 32.1. The Kier molecular flexibility index (Phi) is 2.63. The highest BCUT2D eigenvalue weighted by Crippen LogP contribution is 2.33. The van der Waals surface area contributed by atoms with Gasteiger partial charge in [-0.25, -0.2) is 0 Å². The zero-order chi connectivity index (χ0) is 13.5. The van der Waals surface area contributed by atoms with Crippen molar-refractivity contribution in [2.75, 3.05) is 17.2 Å². The molecule has 0 atom stereocenters. The van der Waals surface area contributed by atoms with E-state index in [1.54, 1.807) is 6.20 Å². The number of nitrogens with two attached hydrogens (primary N) is 1. The Morgan fingerprint density at radius 3 is 3.10 bits per heavy atom. The second-order valence-corrected chi connectivity index (χ2v) is 6.11. The number of benzene rings is 1. The van der Waals surface area contributed by atoms with E-state index in [9.17, 15) is 0 Å². The van der Waals surface area contributed by atoms with Crippen molar-refractivity contribution >= 4 is 33.6 Å². The molecule has 3 aromatic rings. The van der Waals surface area contributed by atoms with Gasteiger partial charge in [0.05, 0.1) is 11.2 Å². The van der Waals surface area contributed by atoms with Crippen LogP contribution in [0.3, 0.4) is 0 Å². The lowest BCUT2D eigenvalue weighted by Crippen LogP contribution is -2.29. The highest BCUT2D eigenvalue weighted by molar-refractivity contribution is 7.10. The van der Waals surface area contributed by atoms with E-state index in [1.165, 1.54) is 16.1 Å². The van der Waals surface area contributed by atoms with E-state index >= 15 is 0 Å². The van der Waals surface area contributed by atoms with Gasteiger partial charge < -0.3 is 10.6 Å². The maximum Gasteiger partial charge on any atom is 0.0951 e. The molecule has 0 radical (unpaired) electrons. The number of nitrogens with zero attached hydrogens (tertiary/aromatic N) is 2. The van der Waals surface area contributed by atoms with Crippen molar-refractivity contribution in [3.63, 3.8) is 0 Å². The van der Waals surface area contributed by atoms with Crippen molar-refractivity contribution in [3.05, 3.63) is 52.3 Å². The van der Waals surface area contributed by atoms with Gasteiger partial charge in [-0.05, 0) is 47.7 Å². The molecule has 2 aromatic heterocycles. The Morgan fingerprint density at radius 1 is 1.20 bits per heavy atom. The summed E-state index contributed by atoms with van der Waals surface area (Å²) in [7, 11) is 0. The molecule has 0 fully saturated rings. The molecule has 0 saturated heterocycles. The number of rotatable bonds is 1. The van der Waals surface area contributed by atoms with E-state index in [0.29, 0.717) is 0 Å². The van der Waals surface area contributed by atoms with Crippen LogP contribution >= 0.6 is 11.3 Å². The number of fused-ring (bicyclic) bond motifs is 2. The van der Waals surface area contributed by atoms with E-state index in [2.05, 4.69) is 33.5 Å². The van der Waals surface area contributed by atoms with Crippen molar-refractivity contribution in [3.8, 4) is 0 Å². The average Bonchev–Trinajstić information content (AvgIpc) is 2.95. The maximum absolute atomic E-state index is 6.04. The summed E-state index contributed by atoms with van der Waals surface area (Å²) in [5.41, 5.74) is 10.4. The van der Waals surface area contributed by atoms with Crippen LogP contribution in [-0.4, -0.2) is 11.5 Å². The average molecular weight is 281 g/mol. The van der Waals surface area contributed by atoms with Gasteiger partial charge in [0.25, 0.3) is 0 Å². The number of pyridine rings is 1. The fraction of sp³-hybridized carbons (Fsp3) is 0.188. The molecule has 0 amide bonds. The van der Waals surface area contributed by atoms with Gasteiger partial charge in [-0.15, -0.1) is 11.3 Å². The van der Waals surface area contributed by atoms with Crippen LogP contribution < -0.4 is 10.6 Å². The number of thiophene rings is 1. The molecule has 3 nitrogen and oxygen atoms in total. The normalized spacial score (nSPS) is 14.5. The van der Waals surface area contributed by atoms with Crippen LogP contribution in [0, 0.1) is 0 Å². The van der Waals surface area contributed by atoms with E-state index in [4.69, 9.17) is 5.73 Å². The number of hydrogen-bond acceptors (Lipinski definition) is 4. The summed E-state index contributed by atoms with van der Waals surface area (Å²) in [6.45, 7) is 2.04. The minimum Gasteiger partial charge on any atom is -0.397 e. The summed E-state index contributed by atoms with van der Waals surface area (Å²) >= 11 is 1.87. The Balaban J connectivity index is 1.82. The molecule has 20 heavy (non-hydrogen) atoms. The van der Waals surface area contributed by atoms with Crippen LogP contribution in [-0.2, 0) is 13.0 Å². The second kappa shape index (κ2) is 4.49. The van der Waals surface area contributed by atoms with Crippen molar-refractivity contribution in [2.45, 2.75) is 13.0 Å². The quantitative estimate of drug-likeness (QED) is 0.695. The van der Waals surface area contributed by atoms with Gasteiger partial charge >= 0.3 is 0 Å². The lowest BCUT2D eigenvalue weighted by molar-refractivity contribution is 0.746. The molecule has 4 rings (SSSR count). The van der Waals surface area contributed by atoms with Crippen LogP contribution in [0.5, 0.6) is 0 Å². The van der Waals surface area contributed by atoms with Gasteiger partial charge in [-0.1, -0.05) is 0 Å². The van der Waals surface area contributed by atoms with Crippen molar-refractivity contribution in [1.29, 1.82) is 0 Å². The van der Waals surface area contributed by atoms with Gasteiger partial charge in [-0.2, -0.15) is 0 Å². The number of hydrogen-bond donors (Lipinski definition) is 1. The van der Waals surface area contributed by atoms with Gasteiger partial charge in [0, 0.05) is 35.2 Å². The number of aromatic nitrogens is 1. The molecule has 0 unspecified atom stereocenters. The largest absolute Gasteiger partial charge is 0.397 e. The molecular weight excluding hydrogens is 266 g/mol. The van der Waals surface area contributed by atoms with Crippen LogP contribution in [0.2, 0.25) is 0 Å². The molecule has 1 aliphatic heterocycles. The third kappa shape index (κ3) is 1.76. The first-order chi connectivity index (χ1) is 9.83. The standard InChI is InChI=1S/C16H15N3S/c17-13-3-4-14(12-2-1-7-18-16(12)13)19-8-5-15-11(10-19)6-9-20-15/h1-4,6-7,9H,5,8,10,17H2. The van der Waals surface area contributed by atoms with Crippen molar-refractivity contribution in [1.82, 2.24) is 4.98 Å². The maximum atomic E-state index is 6.04. The SMILES string of the molecule is Nc1ccc(N2CCc3sccc3C2)c2cccnc12. The minimum atomic E-state index is 0.748. The Labute approximate surface area is 121 Å². The molecule has 0 saturated carbocycles. The summed E-state index contributed by atoms with van der Waals surface area (Å²) < 4.78 is 0.